The number of rotatable bonds is 3. The molecule has 0 unspecified atom stereocenters. The molecule has 0 saturated carbocycles. The smallest absolute Gasteiger partial charge is 0.0674 e. The summed E-state index contributed by atoms with van der Waals surface area (Å²) in [5.41, 5.74) is 2.53. The summed E-state index contributed by atoms with van der Waals surface area (Å²) in [5, 5.41) is 8.09. The molecular weight excluding hydrogens is 186 g/mol. The molecule has 3 nitrogen and oxygen atoms in total. The molecule has 0 amide bonds. The molecule has 0 aliphatic carbocycles. The number of aromatic nitrogens is 2. The van der Waals surface area contributed by atoms with Crippen molar-refractivity contribution in [3.05, 3.63) is 17.5 Å². The minimum absolute atomic E-state index is 0.629. The fraction of sp³-hybridized carbons (Fsp3) is 0.750. The van der Waals surface area contributed by atoms with Crippen LogP contribution in [-0.2, 0) is 7.05 Å². The Labute approximate surface area is 91.9 Å². The molecule has 0 aromatic carbocycles. The van der Waals surface area contributed by atoms with Gasteiger partial charge in [0, 0.05) is 25.2 Å². The number of aryl methyl sites for hydroxylation is 2. The number of hydrogen-bond donors (Lipinski definition) is 1. The van der Waals surface area contributed by atoms with E-state index in [2.05, 4.69) is 30.3 Å². The van der Waals surface area contributed by atoms with E-state index in [0.717, 1.165) is 19.0 Å². The predicted molar refractivity (Wildman–Crippen MR) is 62.0 cm³/mol. The van der Waals surface area contributed by atoms with Gasteiger partial charge in [0.25, 0.3) is 0 Å². The lowest BCUT2D eigenvalue weighted by Crippen LogP contribution is -2.11. The minimum atomic E-state index is 0.629. The molecule has 0 spiro atoms. The van der Waals surface area contributed by atoms with E-state index in [4.69, 9.17) is 0 Å². The molecular formula is C12H21N3. The van der Waals surface area contributed by atoms with Crippen molar-refractivity contribution in [3.63, 3.8) is 0 Å². The van der Waals surface area contributed by atoms with Gasteiger partial charge in [0.05, 0.1) is 5.69 Å². The quantitative estimate of drug-likeness (QED) is 0.819. The standard InChI is InChI=1S/C12H21N3/c1-4-5-10-7-13-8-11(10)12-6-9(2)15(3)14-12/h6,10-11,13H,4-5,7-8H2,1-3H3/t10-,11-/m0/s1. The van der Waals surface area contributed by atoms with Crippen LogP contribution in [-0.4, -0.2) is 22.9 Å². The maximum atomic E-state index is 4.60. The lowest BCUT2D eigenvalue weighted by Gasteiger charge is -2.15. The molecule has 0 radical (unpaired) electrons. The van der Waals surface area contributed by atoms with Crippen LogP contribution in [0.25, 0.3) is 0 Å². The van der Waals surface area contributed by atoms with Crippen LogP contribution in [0.4, 0.5) is 0 Å². The summed E-state index contributed by atoms with van der Waals surface area (Å²) < 4.78 is 1.98. The summed E-state index contributed by atoms with van der Waals surface area (Å²) in [6.07, 6.45) is 2.59. The van der Waals surface area contributed by atoms with Crippen molar-refractivity contribution < 1.29 is 0 Å². The molecule has 0 bridgehead atoms. The normalized spacial score (nSPS) is 26.1. The van der Waals surface area contributed by atoms with Crippen molar-refractivity contribution in [2.24, 2.45) is 13.0 Å². The zero-order valence-corrected chi connectivity index (χ0v) is 9.95. The van der Waals surface area contributed by atoms with Gasteiger partial charge in [0.1, 0.15) is 0 Å². The second kappa shape index (κ2) is 4.35. The Hall–Kier alpha value is -0.830. The van der Waals surface area contributed by atoms with Crippen molar-refractivity contribution in [3.8, 4) is 0 Å². The Bertz CT molecular complexity index is 310. The van der Waals surface area contributed by atoms with Gasteiger partial charge < -0.3 is 5.32 Å². The third-order valence-corrected chi connectivity index (χ3v) is 3.51. The first-order valence-corrected chi connectivity index (χ1v) is 5.93. The Morgan fingerprint density at radius 2 is 2.33 bits per heavy atom. The molecule has 1 aromatic heterocycles. The van der Waals surface area contributed by atoms with Gasteiger partial charge in [-0.2, -0.15) is 5.10 Å². The summed E-state index contributed by atoms with van der Waals surface area (Å²) in [7, 11) is 2.02. The number of hydrogen-bond acceptors (Lipinski definition) is 2. The predicted octanol–water partition coefficient (Wildman–Crippen LogP) is 1.83. The first kappa shape index (κ1) is 10.7. The molecule has 1 aromatic rings. The van der Waals surface area contributed by atoms with Gasteiger partial charge in [0.15, 0.2) is 0 Å². The van der Waals surface area contributed by atoms with Crippen molar-refractivity contribution in [1.29, 1.82) is 0 Å². The van der Waals surface area contributed by atoms with Gasteiger partial charge >= 0.3 is 0 Å². The van der Waals surface area contributed by atoms with Gasteiger partial charge in [-0.15, -0.1) is 0 Å². The molecule has 2 heterocycles. The average molecular weight is 207 g/mol. The van der Waals surface area contributed by atoms with Crippen molar-refractivity contribution in [2.75, 3.05) is 13.1 Å². The van der Waals surface area contributed by atoms with Gasteiger partial charge in [-0.1, -0.05) is 13.3 Å². The Balaban J connectivity index is 2.15. The fourth-order valence-electron chi connectivity index (χ4n) is 2.52. The molecule has 1 N–H and O–H groups in total. The number of nitrogens with zero attached hydrogens (tertiary/aromatic N) is 2. The van der Waals surface area contributed by atoms with Crippen LogP contribution < -0.4 is 5.32 Å². The maximum Gasteiger partial charge on any atom is 0.0674 e. The van der Waals surface area contributed by atoms with Crippen LogP contribution >= 0.6 is 0 Å². The molecule has 84 valence electrons. The summed E-state index contributed by atoms with van der Waals surface area (Å²) in [6, 6.07) is 2.24. The molecule has 1 fully saturated rings. The van der Waals surface area contributed by atoms with E-state index >= 15 is 0 Å². The highest BCUT2D eigenvalue weighted by molar-refractivity contribution is 5.16. The zero-order chi connectivity index (χ0) is 10.8. The van der Waals surface area contributed by atoms with Crippen molar-refractivity contribution >= 4 is 0 Å². The maximum absolute atomic E-state index is 4.60. The Kier molecular flexibility index (Phi) is 3.10. The van der Waals surface area contributed by atoms with E-state index in [1.807, 2.05) is 11.7 Å². The van der Waals surface area contributed by atoms with E-state index in [1.165, 1.54) is 24.2 Å². The van der Waals surface area contributed by atoms with Gasteiger partial charge in [0.2, 0.25) is 0 Å². The highest BCUT2D eigenvalue weighted by atomic mass is 15.3. The molecule has 2 atom stereocenters. The molecule has 3 heteroatoms. The van der Waals surface area contributed by atoms with Gasteiger partial charge in [-0.05, 0) is 31.9 Å². The average Bonchev–Trinajstić information content (AvgIpc) is 2.76. The summed E-state index contributed by atoms with van der Waals surface area (Å²) in [5.74, 6) is 1.41. The van der Waals surface area contributed by atoms with Crippen LogP contribution in [0, 0.1) is 12.8 Å². The van der Waals surface area contributed by atoms with Crippen molar-refractivity contribution in [2.45, 2.75) is 32.6 Å². The van der Waals surface area contributed by atoms with Crippen LogP contribution in [0.15, 0.2) is 6.07 Å². The Morgan fingerprint density at radius 1 is 1.53 bits per heavy atom. The highest BCUT2D eigenvalue weighted by Gasteiger charge is 2.29. The highest BCUT2D eigenvalue weighted by Crippen LogP contribution is 2.30. The summed E-state index contributed by atoms with van der Waals surface area (Å²) in [4.78, 5) is 0. The van der Waals surface area contributed by atoms with E-state index in [9.17, 15) is 0 Å². The van der Waals surface area contributed by atoms with E-state index in [1.54, 1.807) is 0 Å². The second-order valence-corrected chi connectivity index (χ2v) is 4.65. The summed E-state index contributed by atoms with van der Waals surface area (Å²) >= 11 is 0. The monoisotopic (exact) mass is 207 g/mol. The fourth-order valence-corrected chi connectivity index (χ4v) is 2.52. The van der Waals surface area contributed by atoms with Crippen LogP contribution in [0.3, 0.4) is 0 Å². The minimum Gasteiger partial charge on any atom is -0.316 e. The van der Waals surface area contributed by atoms with Crippen molar-refractivity contribution in [1.82, 2.24) is 15.1 Å². The van der Waals surface area contributed by atoms with Gasteiger partial charge in [-0.3, -0.25) is 4.68 Å². The number of nitrogens with one attached hydrogen (secondary N) is 1. The molecule has 1 aliphatic rings. The van der Waals surface area contributed by atoms with E-state index in [-0.39, 0.29) is 0 Å². The second-order valence-electron chi connectivity index (χ2n) is 4.65. The first-order valence-electron chi connectivity index (χ1n) is 5.93. The summed E-state index contributed by atoms with van der Waals surface area (Å²) in [6.45, 7) is 6.64. The molecule has 15 heavy (non-hydrogen) atoms. The third-order valence-electron chi connectivity index (χ3n) is 3.51. The molecule has 1 aliphatic heterocycles. The third kappa shape index (κ3) is 2.07. The van der Waals surface area contributed by atoms with Gasteiger partial charge in [-0.25, -0.2) is 0 Å². The Morgan fingerprint density at radius 3 is 2.93 bits per heavy atom. The SMILES string of the molecule is CCC[C@H]1CNC[C@@H]1c1cc(C)n(C)n1. The van der Waals surface area contributed by atoms with E-state index < -0.39 is 0 Å². The largest absolute Gasteiger partial charge is 0.316 e. The topological polar surface area (TPSA) is 29.9 Å². The zero-order valence-electron chi connectivity index (χ0n) is 9.95. The van der Waals surface area contributed by atoms with Crippen LogP contribution in [0.1, 0.15) is 37.1 Å². The van der Waals surface area contributed by atoms with Crippen LogP contribution in [0.2, 0.25) is 0 Å². The molecule has 1 saturated heterocycles. The van der Waals surface area contributed by atoms with Crippen LogP contribution in [0.5, 0.6) is 0 Å². The van der Waals surface area contributed by atoms with E-state index in [0.29, 0.717) is 5.92 Å². The lowest BCUT2D eigenvalue weighted by molar-refractivity contribution is 0.463. The lowest BCUT2D eigenvalue weighted by atomic mass is 9.89. The first-order chi connectivity index (χ1) is 7.22. The molecule has 2 rings (SSSR count).